The fourth-order valence-electron chi connectivity index (χ4n) is 4.85. The van der Waals surface area contributed by atoms with Crippen molar-refractivity contribution in [2.24, 2.45) is 0 Å². The molecule has 0 unspecified atom stereocenters. The lowest BCUT2D eigenvalue weighted by molar-refractivity contribution is -0.136. The predicted molar refractivity (Wildman–Crippen MR) is 166 cm³/mol. The highest BCUT2D eigenvalue weighted by Crippen LogP contribution is 2.19. The Bertz CT molecular complexity index is 1430. The fraction of sp³-hybridized carbons (Fsp3) is 0.353. The quantitative estimate of drug-likeness (QED) is 0.431. The van der Waals surface area contributed by atoms with Gasteiger partial charge in [0.1, 0.15) is 36.8 Å². The summed E-state index contributed by atoms with van der Waals surface area (Å²) in [7, 11) is 3.28. The number of likely N-dealkylation sites (N-methyl/N-ethyl adjacent to an activating group) is 2. The van der Waals surface area contributed by atoms with Crippen molar-refractivity contribution in [1.82, 2.24) is 20.4 Å². The summed E-state index contributed by atoms with van der Waals surface area (Å²) < 4.78 is 11.7. The van der Waals surface area contributed by atoms with E-state index in [1.165, 1.54) is 9.80 Å². The molecule has 0 radical (unpaired) electrons. The lowest BCUT2D eigenvalue weighted by atomic mass is 10.0. The molecular weight excluding hydrogens is 560 g/mol. The number of hydrogen-bond acceptors (Lipinski definition) is 6. The Morgan fingerprint density at radius 2 is 1.68 bits per heavy atom. The molecule has 232 valence electrons. The van der Waals surface area contributed by atoms with E-state index in [-0.39, 0.29) is 56.5 Å². The van der Waals surface area contributed by atoms with Crippen LogP contribution in [0.2, 0.25) is 0 Å². The maximum atomic E-state index is 13.6. The van der Waals surface area contributed by atoms with Crippen LogP contribution in [0.5, 0.6) is 11.5 Å². The third-order valence-corrected chi connectivity index (χ3v) is 7.46. The molecule has 3 aromatic rings. The van der Waals surface area contributed by atoms with Crippen LogP contribution in [0.15, 0.2) is 78.9 Å². The Morgan fingerprint density at radius 1 is 0.977 bits per heavy atom. The van der Waals surface area contributed by atoms with Crippen molar-refractivity contribution in [2.45, 2.75) is 38.3 Å². The van der Waals surface area contributed by atoms with Gasteiger partial charge in [-0.1, -0.05) is 60.2 Å². The fourth-order valence-corrected chi connectivity index (χ4v) is 4.85. The zero-order chi connectivity index (χ0) is 31.5. The van der Waals surface area contributed by atoms with Crippen molar-refractivity contribution >= 4 is 23.6 Å². The Morgan fingerprint density at radius 3 is 2.43 bits per heavy atom. The summed E-state index contributed by atoms with van der Waals surface area (Å²) in [5, 5.41) is 5.68. The summed E-state index contributed by atoms with van der Waals surface area (Å²) in [5.74, 6) is -0.484. The zero-order valence-corrected chi connectivity index (χ0v) is 25.5. The van der Waals surface area contributed by atoms with Gasteiger partial charge in [-0.2, -0.15) is 0 Å². The normalized spacial score (nSPS) is 18.1. The average Bonchev–Trinajstić information content (AvgIpc) is 3.03. The van der Waals surface area contributed by atoms with Crippen molar-refractivity contribution in [3.05, 3.63) is 95.6 Å². The number of carbonyl (C=O) groups is 4. The van der Waals surface area contributed by atoms with Gasteiger partial charge >= 0.3 is 0 Å². The molecular formula is C34H40N4O6. The number of amides is 4. The van der Waals surface area contributed by atoms with E-state index in [4.69, 9.17) is 9.47 Å². The Hall–Kier alpha value is -4.86. The molecule has 0 saturated carbocycles. The lowest BCUT2D eigenvalue weighted by Gasteiger charge is -2.26. The van der Waals surface area contributed by atoms with Gasteiger partial charge in [0, 0.05) is 26.9 Å². The molecule has 1 heterocycles. The van der Waals surface area contributed by atoms with Crippen LogP contribution in [-0.2, 0) is 20.8 Å². The number of benzene rings is 3. The number of carbonyl (C=O) groups excluding carboxylic acids is 4. The molecule has 0 spiro atoms. The van der Waals surface area contributed by atoms with E-state index < -0.39 is 23.9 Å². The first kappa shape index (κ1) is 32.1. The zero-order valence-electron chi connectivity index (χ0n) is 25.5. The van der Waals surface area contributed by atoms with Gasteiger partial charge in [-0.3, -0.25) is 19.2 Å². The first-order valence-corrected chi connectivity index (χ1v) is 14.8. The molecule has 1 aliphatic rings. The van der Waals surface area contributed by atoms with E-state index in [0.717, 1.165) is 11.1 Å². The smallest absolute Gasteiger partial charge is 0.255 e. The average molecular weight is 601 g/mol. The minimum Gasteiger partial charge on any atom is -0.492 e. The third-order valence-electron chi connectivity index (χ3n) is 7.46. The Balaban J connectivity index is 1.52. The second kappa shape index (κ2) is 15.6. The van der Waals surface area contributed by atoms with E-state index >= 15 is 0 Å². The Kier molecular flexibility index (Phi) is 11.3. The van der Waals surface area contributed by atoms with Crippen LogP contribution >= 0.6 is 0 Å². The van der Waals surface area contributed by atoms with Crippen LogP contribution in [0.1, 0.15) is 34.3 Å². The number of rotatable bonds is 7. The summed E-state index contributed by atoms with van der Waals surface area (Å²) in [5.41, 5.74) is 2.27. The van der Waals surface area contributed by atoms with Crippen LogP contribution in [0, 0.1) is 6.92 Å². The molecule has 2 N–H and O–H groups in total. The first-order valence-electron chi connectivity index (χ1n) is 14.8. The third kappa shape index (κ3) is 9.07. The maximum absolute atomic E-state index is 13.6. The van der Waals surface area contributed by atoms with Gasteiger partial charge in [0.05, 0.1) is 18.7 Å². The highest BCUT2D eigenvalue weighted by Gasteiger charge is 2.29. The highest BCUT2D eigenvalue weighted by atomic mass is 16.5. The van der Waals surface area contributed by atoms with E-state index in [9.17, 15) is 19.2 Å². The van der Waals surface area contributed by atoms with Crippen LogP contribution in [0.25, 0.3) is 0 Å². The molecule has 0 aliphatic carbocycles. The molecule has 0 bridgehead atoms. The summed E-state index contributed by atoms with van der Waals surface area (Å²) >= 11 is 0. The van der Waals surface area contributed by atoms with Gasteiger partial charge in [0.15, 0.2) is 0 Å². The molecule has 10 heteroatoms. The number of hydrogen-bond donors (Lipinski definition) is 2. The van der Waals surface area contributed by atoms with E-state index in [2.05, 4.69) is 10.6 Å². The second-order valence-electron chi connectivity index (χ2n) is 10.9. The van der Waals surface area contributed by atoms with Crippen molar-refractivity contribution in [1.29, 1.82) is 0 Å². The lowest BCUT2D eigenvalue weighted by Crippen LogP contribution is -2.50. The summed E-state index contributed by atoms with van der Waals surface area (Å²) in [4.78, 5) is 56.6. The number of ether oxygens (including phenoxy) is 2. The minimum absolute atomic E-state index is 0.0324. The first-order chi connectivity index (χ1) is 21.2. The molecule has 1 aliphatic heterocycles. The number of para-hydroxylation sites is 1. The van der Waals surface area contributed by atoms with Crippen LogP contribution < -0.4 is 20.1 Å². The van der Waals surface area contributed by atoms with Crippen molar-refractivity contribution in [2.75, 3.05) is 40.4 Å². The van der Waals surface area contributed by atoms with Crippen molar-refractivity contribution < 1.29 is 28.7 Å². The van der Waals surface area contributed by atoms with Gasteiger partial charge in [0.25, 0.3) is 5.91 Å². The van der Waals surface area contributed by atoms with E-state index in [1.54, 1.807) is 38.4 Å². The minimum atomic E-state index is -0.998. The monoisotopic (exact) mass is 600 g/mol. The molecule has 0 fully saturated rings. The van der Waals surface area contributed by atoms with Crippen molar-refractivity contribution in [3.63, 3.8) is 0 Å². The number of nitrogens with zero attached hydrogens (tertiary/aromatic N) is 2. The van der Waals surface area contributed by atoms with Crippen LogP contribution in [0.3, 0.4) is 0 Å². The molecule has 44 heavy (non-hydrogen) atoms. The predicted octanol–water partition coefficient (Wildman–Crippen LogP) is 2.99. The van der Waals surface area contributed by atoms with Gasteiger partial charge in [-0.05, 0) is 43.2 Å². The number of aryl methyl sites for hydroxylation is 1. The molecule has 2 atom stereocenters. The second-order valence-corrected chi connectivity index (χ2v) is 10.9. The van der Waals surface area contributed by atoms with Crippen LogP contribution in [-0.4, -0.2) is 85.9 Å². The topological polar surface area (TPSA) is 117 Å². The highest BCUT2D eigenvalue weighted by molar-refractivity contribution is 5.99. The van der Waals surface area contributed by atoms with Gasteiger partial charge in [-0.15, -0.1) is 0 Å². The van der Waals surface area contributed by atoms with E-state index in [0.29, 0.717) is 17.9 Å². The summed E-state index contributed by atoms with van der Waals surface area (Å²) in [6.45, 7) is 2.88. The molecule has 4 amide bonds. The van der Waals surface area contributed by atoms with Gasteiger partial charge < -0.3 is 29.9 Å². The SMILES string of the molecule is Cc1ccc(OCCN(C)C(=O)[C@@H]2CCC(=O)N[C@@H](Cc3ccccc3)C(=O)N(C)CCOc3ccccc3C(=O)N2)cc1. The van der Waals surface area contributed by atoms with Crippen LogP contribution in [0.4, 0.5) is 0 Å². The molecule has 0 aromatic heterocycles. The maximum Gasteiger partial charge on any atom is 0.255 e. The summed E-state index contributed by atoms with van der Waals surface area (Å²) in [6.07, 6.45) is 0.262. The molecule has 3 aromatic carbocycles. The molecule has 0 saturated heterocycles. The van der Waals surface area contributed by atoms with Gasteiger partial charge in [0.2, 0.25) is 17.7 Å². The molecule has 10 nitrogen and oxygen atoms in total. The largest absolute Gasteiger partial charge is 0.492 e. The number of fused-ring (bicyclic) bond motifs is 1. The standard InChI is InChI=1S/C34H40N4O6/c1-24-13-15-26(16-14-24)43-21-19-37(2)33(41)28-17-18-31(39)35-29(23-25-9-5-4-6-10-25)34(42)38(3)20-22-44-30-12-8-7-11-27(30)32(40)36-28/h4-16,28-29H,17-23H2,1-3H3,(H,35,39)(H,36,40)/t28-,29-/m0/s1. The Labute approximate surface area is 258 Å². The number of nitrogens with one attached hydrogen (secondary N) is 2. The summed E-state index contributed by atoms with van der Waals surface area (Å²) in [6, 6.07) is 22.0. The van der Waals surface area contributed by atoms with Gasteiger partial charge in [-0.25, -0.2) is 0 Å². The van der Waals surface area contributed by atoms with E-state index in [1.807, 2.05) is 61.5 Å². The molecule has 4 rings (SSSR count). The van der Waals surface area contributed by atoms with Crippen molar-refractivity contribution in [3.8, 4) is 11.5 Å².